The number of carboxylic acids is 1. The largest absolute Gasteiger partial charge is 0.481 e. The van der Waals surface area contributed by atoms with E-state index in [1.165, 1.54) is 19.3 Å². The molecule has 4 nitrogen and oxygen atoms in total. The Morgan fingerprint density at radius 3 is 2.44 bits per heavy atom. The zero-order valence-electron chi connectivity index (χ0n) is 10.1. The fraction of sp³-hybridized carbons (Fsp3) is 0.917. The van der Waals surface area contributed by atoms with E-state index in [1.54, 1.807) is 0 Å². The van der Waals surface area contributed by atoms with Gasteiger partial charge in [0.15, 0.2) is 0 Å². The lowest BCUT2D eigenvalue weighted by atomic mass is 9.89. The number of carbonyl (C=O) groups is 1. The van der Waals surface area contributed by atoms with Crippen molar-refractivity contribution >= 4 is 5.97 Å². The highest BCUT2D eigenvalue weighted by atomic mass is 16.4. The van der Waals surface area contributed by atoms with E-state index in [-0.39, 0.29) is 5.54 Å². The lowest BCUT2D eigenvalue weighted by Gasteiger charge is -2.42. The number of nitrogens with zero attached hydrogens (tertiary/aromatic N) is 2. The number of piperidine rings is 1. The molecule has 2 heterocycles. The third-order valence-corrected chi connectivity index (χ3v) is 4.03. The minimum absolute atomic E-state index is 0.0823. The fourth-order valence-electron chi connectivity index (χ4n) is 3.22. The summed E-state index contributed by atoms with van der Waals surface area (Å²) in [5.74, 6) is -0.652. The van der Waals surface area contributed by atoms with E-state index in [2.05, 4.69) is 16.8 Å². The van der Waals surface area contributed by atoms with Gasteiger partial charge in [-0.15, -0.1) is 0 Å². The topological polar surface area (TPSA) is 43.8 Å². The second kappa shape index (κ2) is 4.72. The normalized spacial score (nSPS) is 33.1. The first kappa shape index (κ1) is 11.9. The third kappa shape index (κ3) is 2.38. The molecule has 1 atom stereocenters. The first-order chi connectivity index (χ1) is 7.62. The highest BCUT2D eigenvalue weighted by Crippen LogP contribution is 2.33. The van der Waals surface area contributed by atoms with Crippen LogP contribution in [0.25, 0.3) is 0 Å². The van der Waals surface area contributed by atoms with Crippen molar-refractivity contribution in [2.45, 2.75) is 37.6 Å². The van der Waals surface area contributed by atoms with E-state index in [4.69, 9.17) is 5.11 Å². The van der Waals surface area contributed by atoms with Gasteiger partial charge < -0.3 is 10.0 Å². The average Bonchev–Trinajstić information content (AvgIpc) is 2.62. The van der Waals surface area contributed by atoms with Gasteiger partial charge in [-0.25, -0.2) is 0 Å². The molecule has 0 radical (unpaired) electrons. The van der Waals surface area contributed by atoms with E-state index in [0.29, 0.717) is 6.42 Å². The minimum Gasteiger partial charge on any atom is -0.481 e. The van der Waals surface area contributed by atoms with E-state index < -0.39 is 5.97 Å². The van der Waals surface area contributed by atoms with Gasteiger partial charge in [-0.05, 0) is 45.9 Å². The predicted octanol–water partition coefficient (Wildman–Crippen LogP) is 1.02. The molecule has 0 bridgehead atoms. The number of likely N-dealkylation sites (tertiary alicyclic amines) is 2. The van der Waals surface area contributed by atoms with Crippen LogP contribution in [-0.2, 0) is 4.79 Å². The average molecular weight is 226 g/mol. The summed E-state index contributed by atoms with van der Waals surface area (Å²) < 4.78 is 0. The van der Waals surface area contributed by atoms with Gasteiger partial charge in [0.05, 0.1) is 6.42 Å². The summed E-state index contributed by atoms with van der Waals surface area (Å²) in [5, 5.41) is 9.11. The molecule has 0 amide bonds. The monoisotopic (exact) mass is 226 g/mol. The van der Waals surface area contributed by atoms with E-state index >= 15 is 0 Å². The predicted molar refractivity (Wildman–Crippen MR) is 62.5 cm³/mol. The summed E-state index contributed by atoms with van der Waals surface area (Å²) in [5.41, 5.74) is -0.0823. The number of hydrogen-bond acceptors (Lipinski definition) is 3. The standard InChI is InChI=1S/C12H22N2O2/c1-13-8-5-12(10-13,9-11(15)16)14-6-3-2-4-7-14/h2-10H2,1H3,(H,15,16). The Labute approximate surface area is 97.2 Å². The SMILES string of the molecule is CN1CCC(CC(=O)O)(N2CCCCC2)C1. The van der Waals surface area contributed by atoms with Gasteiger partial charge in [0, 0.05) is 12.1 Å². The maximum absolute atomic E-state index is 11.1. The van der Waals surface area contributed by atoms with Gasteiger partial charge in [-0.3, -0.25) is 9.69 Å². The van der Waals surface area contributed by atoms with Gasteiger partial charge in [0.1, 0.15) is 0 Å². The van der Waals surface area contributed by atoms with Crippen LogP contribution in [-0.4, -0.2) is 59.6 Å². The number of aliphatic carboxylic acids is 1. The summed E-state index contributed by atoms with van der Waals surface area (Å²) in [6, 6.07) is 0. The molecule has 92 valence electrons. The zero-order chi connectivity index (χ0) is 11.6. The van der Waals surface area contributed by atoms with Crippen molar-refractivity contribution < 1.29 is 9.90 Å². The first-order valence-corrected chi connectivity index (χ1v) is 6.28. The second-order valence-electron chi connectivity index (χ2n) is 5.33. The molecule has 0 aromatic carbocycles. The van der Waals surface area contributed by atoms with Crippen molar-refractivity contribution in [3.8, 4) is 0 Å². The van der Waals surface area contributed by atoms with Crippen LogP contribution < -0.4 is 0 Å². The molecule has 1 N–H and O–H groups in total. The van der Waals surface area contributed by atoms with Crippen molar-refractivity contribution in [2.75, 3.05) is 33.2 Å². The lowest BCUT2D eigenvalue weighted by Crippen LogP contribution is -2.53. The summed E-state index contributed by atoms with van der Waals surface area (Å²) >= 11 is 0. The Bertz CT molecular complexity index is 264. The highest BCUT2D eigenvalue weighted by molar-refractivity contribution is 5.68. The molecule has 0 aromatic heterocycles. The molecule has 2 fully saturated rings. The van der Waals surface area contributed by atoms with Crippen LogP contribution in [0.1, 0.15) is 32.1 Å². The molecule has 0 aromatic rings. The van der Waals surface area contributed by atoms with Crippen molar-refractivity contribution in [1.82, 2.24) is 9.80 Å². The van der Waals surface area contributed by atoms with E-state index in [9.17, 15) is 4.79 Å². The molecule has 0 saturated carbocycles. The third-order valence-electron chi connectivity index (χ3n) is 4.03. The highest BCUT2D eigenvalue weighted by Gasteiger charge is 2.43. The van der Waals surface area contributed by atoms with Crippen LogP contribution in [0.5, 0.6) is 0 Å². The molecule has 2 rings (SSSR count). The van der Waals surface area contributed by atoms with Crippen molar-refractivity contribution in [2.24, 2.45) is 0 Å². The van der Waals surface area contributed by atoms with Gasteiger partial charge in [0.2, 0.25) is 0 Å². The van der Waals surface area contributed by atoms with Crippen LogP contribution in [0.2, 0.25) is 0 Å². The fourth-order valence-corrected chi connectivity index (χ4v) is 3.22. The van der Waals surface area contributed by atoms with Crippen LogP contribution in [0.4, 0.5) is 0 Å². The zero-order valence-corrected chi connectivity index (χ0v) is 10.1. The van der Waals surface area contributed by atoms with Crippen molar-refractivity contribution in [1.29, 1.82) is 0 Å². The molecule has 4 heteroatoms. The lowest BCUT2D eigenvalue weighted by molar-refractivity contribution is -0.140. The van der Waals surface area contributed by atoms with Crippen LogP contribution in [0, 0.1) is 0 Å². The molecule has 2 aliphatic rings. The maximum Gasteiger partial charge on any atom is 0.305 e. The van der Waals surface area contributed by atoms with Crippen molar-refractivity contribution in [3.63, 3.8) is 0 Å². The number of likely N-dealkylation sites (N-methyl/N-ethyl adjacent to an activating group) is 1. The Hall–Kier alpha value is -0.610. The number of hydrogen-bond donors (Lipinski definition) is 1. The molecule has 2 aliphatic heterocycles. The molecule has 1 unspecified atom stereocenters. The number of carboxylic acid groups (broad SMARTS) is 1. The molecular formula is C12H22N2O2. The van der Waals surface area contributed by atoms with Gasteiger partial charge in [-0.1, -0.05) is 6.42 Å². The maximum atomic E-state index is 11.1. The molecule has 2 saturated heterocycles. The smallest absolute Gasteiger partial charge is 0.305 e. The van der Waals surface area contributed by atoms with Gasteiger partial charge in [-0.2, -0.15) is 0 Å². The summed E-state index contributed by atoms with van der Waals surface area (Å²) in [6.45, 7) is 4.12. The summed E-state index contributed by atoms with van der Waals surface area (Å²) in [4.78, 5) is 15.8. The Morgan fingerprint density at radius 2 is 1.94 bits per heavy atom. The van der Waals surface area contributed by atoms with E-state index in [1.807, 2.05) is 0 Å². The second-order valence-corrected chi connectivity index (χ2v) is 5.33. The summed E-state index contributed by atoms with van der Waals surface area (Å²) in [7, 11) is 2.09. The Balaban J connectivity index is 2.09. The first-order valence-electron chi connectivity index (χ1n) is 6.28. The van der Waals surface area contributed by atoms with E-state index in [0.717, 1.165) is 32.6 Å². The molecule has 16 heavy (non-hydrogen) atoms. The van der Waals surface area contributed by atoms with Crippen molar-refractivity contribution in [3.05, 3.63) is 0 Å². The van der Waals surface area contributed by atoms with Gasteiger partial charge in [0.25, 0.3) is 0 Å². The minimum atomic E-state index is -0.652. The van der Waals surface area contributed by atoms with Crippen LogP contribution >= 0.6 is 0 Å². The quantitative estimate of drug-likeness (QED) is 0.780. The number of rotatable bonds is 3. The van der Waals surface area contributed by atoms with Crippen LogP contribution in [0.15, 0.2) is 0 Å². The molecule has 0 aliphatic carbocycles. The van der Waals surface area contributed by atoms with Gasteiger partial charge >= 0.3 is 5.97 Å². The molecular weight excluding hydrogens is 204 g/mol. The Morgan fingerprint density at radius 1 is 1.25 bits per heavy atom. The Kier molecular flexibility index (Phi) is 3.50. The van der Waals surface area contributed by atoms with Crippen LogP contribution in [0.3, 0.4) is 0 Å². The summed E-state index contributed by atoms with van der Waals surface area (Å²) in [6.07, 6.45) is 5.07. The molecule has 0 spiro atoms.